The zero-order valence-electron chi connectivity index (χ0n) is 7.44. The van der Waals surface area contributed by atoms with Crippen molar-refractivity contribution in [3.05, 3.63) is 31.0 Å². The van der Waals surface area contributed by atoms with Crippen molar-refractivity contribution in [3.8, 4) is 0 Å². The average Bonchev–Trinajstić information content (AvgIpc) is 2.44. The normalized spacial score (nSPS) is 10.5. The van der Waals surface area contributed by atoms with Crippen LogP contribution in [0.15, 0.2) is 25.2 Å². The van der Waals surface area contributed by atoms with Crippen LogP contribution in [0.2, 0.25) is 0 Å². The van der Waals surface area contributed by atoms with Gasteiger partial charge in [0.2, 0.25) is 0 Å². The number of allylic oxidation sites excluding steroid dienone is 1. The Morgan fingerprint density at radius 3 is 3.23 bits per heavy atom. The number of rotatable bonds is 2. The smallest absolute Gasteiger partial charge is 0.180 e. The van der Waals surface area contributed by atoms with E-state index in [1.165, 1.54) is 6.33 Å². The van der Waals surface area contributed by atoms with Gasteiger partial charge in [0.15, 0.2) is 5.65 Å². The van der Waals surface area contributed by atoms with E-state index in [-0.39, 0.29) is 0 Å². The van der Waals surface area contributed by atoms with Crippen LogP contribution in [0.4, 0.5) is 0 Å². The van der Waals surface area contributed by atoms with Gasteiger partial charge in [-0.2, -0.15) is 0 Å². The number of nitrogens with zero attached hydrogens (tertiary/aromatic N) is 4. The fourth-order valence-electron chi connectivity index (χ4n) is 1.34. The SMILES string of the molecule is C=CCn1c(C)nc2ncncc21. The summed E-state index contributed by atoms with van der Waals surface area (Å²) in [5.74, 6) is 0.940. The van der Waals surface area contributed by atoms with E-state index in [4.69, 9.17) is 0 Å². The minimum absolute atomic E-state index is 0.745. The molecule has 0 radical (unpaired) electrons. The molecule has 0 N–H and O–H groups in total. The molecule has 0 fully saturated rings. The molecule has 2 aromatic heterocycles. The number of hydrogen-bond donors (Lipinski definition) is 0. The van der Waals surface area contributed by atoms with Crippen molar-refractivity contribution >= 4 is 11.2 Å². The highest BCUT2D eigenvalue weighted by Crippen LogP contribution is 2.11. The Morgan fingerprint density at radius 2 is 2.46 bits per heavy atom. The highest BCUT2D eigenvalue weighted by molar-refractivity contribution is 5.70. The minimum atomic E-state index is 0.745. The van der Waals surface area contributed by atoms with Crippen LogP contribution in [0.25, 0.3) is 11.2 Å². The zero-order chi connectivity index (χ0) is 9.26. The predicted octanol–water partition coefficient (Wildman–Crippen LogP) is 1.32. The lowest BCUT2D eigenvalue weighted by molar-refractivity contribution is 0.806. The van der Waals surface area contributed by atoms with Gasteiger partial charge in [-0.05, 0) is 6.92 Å². The second-order valence-corrected chi connectivity index (χ2v) is 2.79. The zero-order valence-corrected chi connectivity index (χ0v) is 7.44. The van der Waals surface area contributed by atoms with Crippen LogP contribution in [-0.4, -0.2) is 19.5 Å². The molecule has 13 heavy (non-hydrogen) atoms. The lowest BCUT2D eigenvalue weighted by atomic mass is 10.5. The van der Waals surface area contributed by atoms with Crippen LogP contribution in [0.3, 0.4) is 0 Å². The summed E-state index contributed by atoms with van der Waals surface area (Å²) in [7, 11) is 0. The monoisotopic (exact) mass is 174 g/mol. The van der Waals surface area contributed by atoms with E-state index < -0.39 is 0 Å². The first-order chi connectivity index (χ1) is 6.33. The Bertz CT molecular complexity index is 444. The van der Waals surface area contributed by atoms with Crippen LogP contribution in [0.5, 0.6) is 0 Å². The van der Waals surface area contributed by atoms with Crippen LogP contribution in [0.1, 0.15) is 5.82 Å². The molecule has 2 aromatic rings. The fourth-order valence-corrected chi connectivity index (χ4v) is 1.34. The van der Waals surface area contributed by atoms with Gasteiger partial charge in [0.05, 0.1) is 6.20 Å². The molecule has 0 saturated carbocycles. The molecule has 0 saturated heterocycles. The first kappa shape index (κ1) is 7.91. The van der Waals surface area contributed by atoms with Crippen molar-refractivity contribution in [2.45, 2.75) is 13.5 Å². The minimum Gasteiger partial charge on any atom is -0.322 e. The van der Waals surface area contributed by atoms with Gasteiger partial charge < -0.3 is 4.57 Å². The highest BCUT2D eigenvalue weighted by atomic mass is 15.1. The lowest BCUT2D eigenvalue weighted by Gasteiger charge is -2.00. The molecule has 0 amide bonds. The van der Waals surface area contributed by atoms with Crippen molar-refractivity contribution in [3.63, 3.8) is 0 Å². The molecular formula is C9H10N4. The Hall–Kier alpha value is -1.71. The van der Waals surface area contributed by atoms with Crippen molar-refractivity contribution < 1.29 is 0 Å². The molecule has 0 unspecified atom stereocenters. The van der Waals surface area contributed by atoms with E-state index in [0.29, 0.717) is 0 Å². The van der Waals surface area contributed by atoms with Crippen molar-refractivity contribution in [1.29, 1.82) is 0 Å². The van der Waals surface area contributed by atoms with E-state index in [2.05, 4.69) is 21.5 Å². The second-order valence-electron chi connectivity index (χ2n) is 2.79. The van der Waals surface area contributed by atoms with Crippen molar-refractivity contribution in [1.82, 2.24) is 19.5 Å². The summed E-state index contributed by atoms with van der Waals surface area (Å²) >= 11 is 0. The van der Waals surface area contributed by atoms with Gasteiger partial charge in [0, 0.05) is 6.54 Å². The number of aromatic nitrogens is 4. The fraction of sp³-hybridized carbons (Fsp3) is 0.222. The third-order valence-corrected chi connectivity index (χ3v) is 1.93. The standard InChI is InChI=1S/C9H10N4/c1-3-4-13-7(2)12-9-8(13)5-10-6-11-9/h3,5-6H,1,4H2,2H3. The summed E-state index contributed by atoms with van der Waals surface area (Å²) in [6, 6.07) is 0. The van der Waals surface area contributed by atoms with E-state index in [0.717, 1.165) is 23.5 Å². The molecule has 66 valence electrons. The summed E-state index contributed by atoms with van der Waals surface area (Å²) in [5.41, 5.74) is 1.70. The summed E-state index contributed by atoms with van der Waals surface area (Å²) in [6.45, 7) is 6.39. The summed E-state index contributed by atoms with van der Waals surface area (Å²) in [5, 5.41) is 0. The molecule has 0 aliphatic rings. The molecular weight excluding hydrogens is 164 g/mol. The number of fused-ring (bicyclic) bond motifs is 1. The third kappa shape index (κ3) is 1.20. The van der Waals surface area contributed by atoms with E-state index in [1.54, 1.807) is 6.20 Å². The third-order valence-electron chi connectivity index (χ3n) is 1.93. The molecule has 0 aliphatic heterocycles. The molecule has 2 rings (SSSR count). The molecule has 0 atom stereocenters. The Balaban J connectivity index is 2.70. The predicted molar refractivity (Wildman–Crippen MR) is 50.3 cm³/mol. The van der Waals surface area contributed by atoms with Crippen molar-refractivity contribution in [2.75, 3.05) is 0 Å². The Labute approximate surface area is 76.0 Å². The van der Waals surface area contributed by atoms with E-state index in [9.17, 15) is 0 Å². The molecule has 0 bridgehead atoms. The van der Waals surface area contributed by atoms with Crippen LogP contribution >= 0.6 is 0 Å². The van der Waals surface area contributed by atoms with Gasteiger partial charge in [-0.15, -0.1) is 6.58 Å². The number of aryl methyl sites for hydroxylation is 1. The molecule has 0 aromatic carbocycles. The van der Waals surface area contributed by atoms with E-state index >= 15 is 0 Å². The number of imidazole rings is 1. The molecule has 0 aliphatic carbocycles. The first-order valence-corrected chi connectivity index (χ1v) is 4.06. The van der Waals surface area contributed by atoms with E-state index in [1.807, 2.05) is 17.6 Å². The maximum Gasteiger partial charge on any atom is 0.180 e. The molecule has 4 heteroatoms. The quantitative estimate of drug-likeness (QED) is 0.645. The van der Waals surface area contributed by atoms with Crippen LogP contribution < -0.4 is 0 Å². The maximum absolute atomic E-state index is 4.30. The van der Waals surface area contributed by atoms with Gasteiger partial charge in [0.25, 0.3) is 0 Å². The number of hydrogen-bond acceptors (Lipinski definition) is 3. The first-order valence-electron chi connectivity index (χ1n) is 4.06. The highest BCUT2D eigenvalue weighted by Gasteiger charge is 2.05. The second kappa shape index (κ2) is 2.97. The van der Waals surface area contributed by atoms with Gasteiger partial charge in [-0.1, -0.05) is 6.08 Å². The average molecular weight is 174 g/mol. The van der Waals surface area contributed by atoms with Crippen LogP contribution in [-0.2, 0) is 6.54 Å². The van der Waals surface area contributed by atoms with Gasteiger partial charge in [-0.25, -0.2) is 15.0 Å². The largest absolute Gasteiger partial charge is 0.322 e. The summed E-state index contributed by atoms with van der Waals surface area (Å²) < 4.78 is 2.03. The summed E-state index contributed by atoms with van der Waals surface area (Å²) in [6.07, 6.45) is 5.11. The van der Waals surface area contributed by atoms with Gasteiger partial charge in [-0.3, -0.25) is 0 Å². The van der Waals surface area contributed by atoms with Gasteiger partial charge in [0.1, 0.15) is 17.7 Å². The molecule has 0 spiro atoms. The maximum atomic E-state index is 4.30. The topological polar surface area (TPSA) is 43.6 Å². The van der Waals surface area contributed by atoms with Gasteiger partial charge >= 0.3 is 0 Å². The van der Waals surface area contributed by atoms with Crippen LogP contribution in [0, 0.1) is 6.92 Å². The molecule has 4 nitrogen and oxygen atoms in total. The Morgan fingerprint density at radius 1 is 1.62 bits per heavy atom. The Kier molecular flexibility index (Phi) is 1.81. The lowest BCUT2D eigenvalue weighted by Crippen LogP contribution is -1.97. The molecule has 2 heterocycles. The van der Waals surface area contributed by atoms with Crippen molar-refractivity contribution in [2.24, 2.45) is 0 Å². The summed E-state index contributed by atoms with van der Waals surface area (Å²) in [4.78, 5) is 12.3.